The number of nitrogens with zero attached hydrogens (tertiary/aromatic N) is 1. The van der Waals surface area contributed by atoms with Crippen molar-refractivity contribution in [1.29, 1.82) is 0 Å². The second-order valence-electron chi connectivity index (χ2n) is 6.23. The highest BCUT2D eigenvalue weighted by Gasteiger charge is 2.10. The first-order valence-electron chi connectivity index (χ1n) is 9.13. The van der Waals surface area contributed by atoms with E-state index in [2.05, 4.69) is 29.2 Å². The van der Waals surface area contributed by atoms with E-state index in [-0.39, 0.29) is 6.61 Å². The Morgan fingerprint density at radius 2 is 2.04 bits per heavy atom. The van der Waals surface area contributed by atoms with Crippen molar-refractivity contribution in [3.8, 4) is 0 Å². The van der Waals surface area contributed by atoms with Crippen LogP contribution in [0.15, 0.2) is 60.4 Å². The Kier molecular flexibility index (Phi) is 9.34. The SMILES string of the molecule is NC(=O)/C=C/C1=CC=CCO1.OCCc1cccc(CN2CCOCC2)c1. The molecular formula is C21H28N2O4. The first-order chi connectivity index (χ1) is 13.2. The lowest BCUT2D eigenvalue weighted by Crippen LogP contribution is -2.35. The summed E-state index contributed by atoms with van der Waals surface area (Å²) in [6.45, 7) is 5.49. The largest absolute Gasteiger partial charge is 0.490 e. The number of benzene rings is 1. The number of amides is 1. The van der Waals surface area contributed by atoms with Crippen LogP contribution in [-0.4, -0.2) is 55.4 Å². The zero-order valence-corrected chi connectivity index (χ0v) is 15.5. The minimum atomic E-state index is -0.468. The van der Waals surface area contributed by atoms with Crippen molar-refractivity contribution in [3.05, 3.63) is 71.5 Å². The van der Waals surface area contributed by atoms with Gasteiger partial charge in [-0.15, -0.1) is 0 Å². The van der Waals surface area contributed by atoms with Gasteiger partial charge in [0.25, 0.3) is 0 Å². The third-order valence-corrected chi connectivity index (χ3v) is 4.06. The highest BCUT2D eigenvalue weighted by atomic mass is 16.5. The van der Waals surface area contributed by atoms with Crippen molar-refractivity contribution >= 4 is 5.91 Å². The van der Waals surface area contributed by atoms with Crippen LogP contribution < -0.4 is 5.73 Å². The van der Waals surface area contributed by atoms with E-state index in [0.717, 1.165) is 39.3 Å². The van der Waals surface area contributed by atoms with Crippen molar-refractivity contribution in [3.63, 3.8) is 0 Å². The molecule has 1 amide bonds. The second-order valence-corrected chi connectivity index (χ2v) is 6.23. The molecule has 0 radical (unpaired) electrons. The van der Waals surface area contributed by atoms with E-state index in [1.54, 1.807) is 12.2 Å². The summed E-state index contributed by atoms with van der Waals surface area (Å²) in [6, 6.07) is 8.47. The van der Waals surface area contributed by atoms with Crippen molar-refractivity contribution in [2.24, 2.45) is 5.73 Å². The summed E-state index contributed by atoms with van der Waals surface area (Å²) in [7, 11) is 0. The molecule has 0 aromatic heterocycles. The zero-order valence-electron chi connectivity index (χ0n) is 15.5. The van der Waals surface area contributed by atoms with Gasteiger partial charge < -0.3 is 20.3 Å². The molecule has 27 heavy (non-hydrogen) atoms. The van der Waals surface area contributed by atoms with Crippen LogP contribution in [0.1, 0.15) is 11.1 Å². The first-order valence-corrected chi connectivity index (χ1v) is 9.13. The van der Waals surface area contributed by atoms with E-state index in [1.165, 1.54) is 17.2 Å². The first kappa shape index (κ1) is 20.9. The lowest BCUT2D eigenvalue weighted by atomic mass is 10.1. The van der Waals surface area contributed by atoms with E-state index in [9.17, 15) is 4.79 Å². The van der Waals surface area contributed by atoms with Crippen molar-refractivity contribution in [1.82, 2.24) is 4.90 Å². The predicted molar refractivity (Wildman–Crippen MR) is 105 cm³/mol. The number of aliphatic hydroxyl groups excluding tert-OH is 1. The molecule has 6 nitrogen and oxygen atoms in total. The van der Waals surface area contributed by atoms with Gasteiger partial charge in [-0.2, -0.15) is 0 Å². The van der Waals surface area contributed by atoms with Crippen LogP contribution in [0.3, 0.4) is 0 Å². The quantitative estimate of drug-likeness (QED) is 0.740. The molecule has 3 rings (SSSR count). The molecule has 1 fully saturated rings. The van der Waals surface area contributed by atoms with E-state index < -0.39 is 5.91 Å². The number of primary amides is 1. The fraction of sp³-hybridized carbons (Fsp3) is 0.381. The third-order valence-electron chi connectivity index (χ3n) is 4.06. The molecule has 1 saturated heterocycles. The fourth-order valence-electron chi connectivity index (χ4n) is 2.71. The molecule has 2 aliphatic heterocycles. The van der Waals surface area contributed by atoms with Crippen LogP contribution in [0.5, 0.6) is 0 Å². The average Bonchev–Trinajstić information content (AvgIpc) is 2.69. The Labute approximate surface area is 160 Å². The summed E-state index contributed by atoms with van der Waals surface area (Å²) >= 11 is 0. The summed E-state index contributed by atoms with van der Waals surface area (Å²) < 4.78 is 10.4. The van der Waals surface area contributed by atoms with Gasteiger partial charge in [-0.25, -0.2) is 0 Å². The number of carbonyl (C=O) groups is 1. The van der Waals surface area contributed by atoms with Crippen LogP contribution in [0, 0.1) is 0 Å². The Morgan fingerprint density at radius 3 is 2.70 bits per heavy atom. The molecule has 0 spiro atoms. The molecule has 0 saturated carbocycles. The standard InChI is InChI=1S/C13H19NO2.C8H9NO2/c15-7-4-12-2-1-3-13(10-12)11-14-5-8-16-9-6-14;9-8(10)5-4-7-3-1-2-6-11-7/h1-3,10,15H,4-9,11H2;1-5H,6H2,(H2,9,10)/b;5-4+. The van der Waals surface area contributed by atoms with Crippen LogP contribution in [0.4, 0.5) is 0 Å². The lowest BCUT2D eigenvalue weighted by molar-refractivity contribution is -0.113. The summed E-state index contributed by atoms with van der Waals surface area (Å²) in [5.74, 6) is 0.190. The van der Waals surface area contributed by atoms with E-state index in [1.807, 2.05) is 12.2 Å². The van der Waals surface area contributed by atoms with Gasteiger partial charge in [0.2, 0.25) is 5.91 Å². The Hall–Kier alpha value is -2.41. The molecule has 0 bridgehead atoms. The smallest absolute Gasteiger partial charge is 0.241 e. The van der Waals surface area contributed by atoms with Gasteiger partial charge in [0.05, 0.1) is 13.2 Å². The van der Waals surface area contributed by atoms with Gasteiger partial charge in [-0.1, -0.05) is 30.3 Å². The van der Waals surface area contributed by atoms with Crippen LogP contribution in [0.2, 0.25) is 0 Å². The van der Waals surface area contributed by atoms with Crippen LogP contribution in [-0.2, 0) is 27.2 Å². The molecular weight excluding hydrogens is 344 g/mol. The highest BCUT2D eigenvalue weighted by molar-refractivity contribution is 5.86. The van der Waals surface area contributed by atoms with Gasteiger partial charge in [-0.3, -0.25) is 9.69 Å². The molecule has 6 heteroatoms. The maximum absolute atomic E-state index is 10.3. The van der Waals surface area contributed by atoms with Crippen molar-refractivity contribution < 1.29 is 19.4 Å². The Balaban J connectivity index is 0.000000208. The second kappa shape index (κ2) is 12.1. The summed E-state index contributed by atoms with van der Waals surface area (Å²) in [5, 5.41) is 8.91. The van der Waals surface area contributed by atoms with Gasteiger partial charge in [0.15, 0.2) is 0 Å². The summed E-state index contributed by atoms with van der Waals surface area (Å²) in [6.07, 6.45) is 9.07. The maximum atomic E-state index is 10.3. The molecule has 0 unspecified atom stereocenters. The van der Waals surface area contributed by atoms with Gasteiger partial charge >= 0.3 is 0 Å². The number of carbonyl (C=O) groups excluding carboxylic acids is 1. The monoisotopic (exact) mass is 372 g/mol. The average molecular weight is 372 g/mol. The van der Waals surface area contributed by atoms with Crippen LogP contribution >= 0.6 is 0 Å². The minimum Gasteiger partial charge on any atom is -0.490 e. The molecule has 1 aromatic rings. The number of rotatable bonds is 6. The molecule has 2 heterocycles. The Bertz CT molecular complexity index is 677. The number of morpholine rings is 1. The number of allylic oxidation sites excluding steroid dienone is 3. The fourth-order valence-corrected chi connectivity index (χ4v) is 2.71. The topological polar surface area (TPSA) is 85.0 Å². The number of aliphatic hydroxyl groups is 1. The molecule has 0 atom stereocenters. The summed E-state index contributed by atoms with van der Waals surface area (Å²) in [5.41, 5.74) is 7.43. The van der Waals surface area contributed by atoms with Crippen molar-refractivity contribution in [2.75, 3.05) is 39.5 Å². The predicted octanol–water partition coefficient (Wildman–Crippen LogP) is 1.55. The van der Waals surface area contributed by atoms with Gasteiger partial charge in [0.1, 0.15) is 12.4 Å². The minimum absolute atomic E-state index is 0.223. The van der Waals surface area contributed by atoms with Gasteiger partial charge in [0, 0.05) is 32.3 Å². The van der Waals surface area contributed by atoms with E-state index in [0.29, 0.717) is 12.4 Å². The molecule has 146 valence electrons. The highest BCUT2D eigenvalue weighted by Crippen LogP contribution is 2.10. The number of ether oxygens (including phenoxy) is 2. The molecule has 0 aliphatic carbocycles. The van der Waals surface area contributed by atoms with Crippen molar-refractivity contribution in [2.45, 2.75) is 13.0 Å². The molecule has 1 aromatic carbocycles. The summed E-state index contributed by atoms with van der Waals surface area (Å²) in [4.78, 5) is 12.7. The Morgan fingerprint density at radius 1 is 1.26 bits per heavy atom. The lowest BCUT2D eigenvalue weighted by Gasteiger charge is -2.26. The number of hydrogen-bond donors (Lipinski definition) is 2. The third kappa shape index (κ3) is 8.68. The number of hydrogen-bond acceptors (Lipinski definition) is 5. The number of nitrogens with two attached hydrogens (primary N) is 1. The van der Waals surface area contributed by atoms with E-state index >= 15 is 0 Å². The normalized spacial score (nSPS) is 17.0. The molecule has 3 N–H and O–H groups in total. The van der Waals surface area contributed by atoms with Crippen LogP contribution in [0.25, 0.3) is 0 Å². The molecule has 2 aliphatic rings. The van der Waals surface area contributed by atoms with Gasteiger partial charge in [-0.05, 0) is 35.8 Å². The van der Waals surface area contributed by atoms with E-state index in [4.69, 9.17) is 20.3 Å². The zero-order chi connectivity index (χ0) is 19.3. The maximum Gasteiger partial charge on any atom is 0.241 e.